The maximum absolute atomic E-state index is 9.94. The third kappa shape index (κ3) is 1.24. The van der Waals surface area contributed by atoms with Crippen LogP contribution >= 0.6 is 22.9 Å². The predicted octanol–water partition coefficient (Wildman–Crippen LogP) is 0.385. The van der Waals surface area contributed by atoms with Crippen molar-refractivity contribution in [3.63, 3.8) is 0 Å². The SMILES string of the molecule is O=[N+]([O-])N1N=NCN1I. The molecule has 0 aliphatic carbocycles. The molecule has 1 heterocycles. The number of hydrogen-bond donors (Lipinski definition) is 0. The molecule has 0 saturated heterocycles. The first kappa shape index (κ1) is 6.61. The Balaban J connectivity index is 2.59. The molecule has 0 aromatic rings. The van der Waals surface area contributed by atoms with Crippen molar-refractivity contribution in [2.45, 2.75) is 0 Å². The molecule has 0 aromatic heterocycles. The van der Waals surface area contributed by atoms with Crippen LogP contribution in [0, 0.1) is 10.1 Å². The van der Waals surface area contributed by atoms with Crippen LogP contribution < -0.4 is 0 Å². The molecule has 0 aromatic carbocycles. The van der Waals surface area contributed by atoms with E-state index in [1.807, 2.05) is 0 Å². The standard InChI is InChI=1S/CH2IN5O2/c2-5-1-3-4-6(5)7(8)9/h1H2. The maximum atomic E-state index is 9.94. The number of hydrogen-bond acceptors (Lipinski definition) is 5. The molecule has 0 fully saturated rings. The summed E-state index contributed by atoms with van der Waals surface area (Å²) in [4.78, 5) is 9.94. The molecular weight excluding hydrogens is 241 g/mol. The van der Waals surface area contributed by atoms with Crippen LogP contribution in [0.4, 0.5) is 0 Å². The molecule has 50 valence electrons. The van der Waals surface area contributed by atoms with Gasteiger partial charge in [0.15, 0.2) is 11.9 Å². The molecule has 8 heteroatoms. The van der Waals surface area contributed by atoms with Crippen LogP contribution in [0.2, 0.25) is 0 Å². The molecule has 0 N–H and O–H groups in total. The lowest BCUT2D eigenvalue weighted by Gasteiger charge is -2.06. The summed E-state index contributed by atoms with van der Waals surface area (Å²) in [5.41, 5.74) is 0. The Labute approximate surface area is 63.9 Å². The zero-order chi connectivity index (χ0) is 6.85. The molecular formula is CH2IN5O2. The monoisotopic (exact) mass is 243 g/mol. The van der Waals surface area contributed by atoms with E-state index < -0.39 is 5.03 Å². The fraction of sp³-hybridized carbons (Fsp3) is 1.00. The van der Waals surface area contributed by atoms with E-state index in [9.17, 15) is 10.1 Å². The van der Waals surface area contributed by atoms with Gasteiger partial charge in [-0.1, -0.05) is 3.22 Å². The molecule has 0 atom stereocenters. The number of hydrazine groups is 2. The molecule has 0 unspecified atom stereocenters. The van der Waals surface area contributed by atoms with Crippen molar-refractivity contribution >= 4 is 22.9 Å². The zero-order valence-electron chi connectivity index (χ0n) is 4.14. The van der Waals surface area contributed by atoms with Gasteiger partial charge >= 0.3 is 0 Å². The minimum Gasteiger partial charge on any atom is -0.338 e. The smallest absolute Gasteiger partial charge is 0.192 e. The van der Waals surface area contributed by atoms with E-state index in [1.165, 1.54) is 3.22 Å². The molecule has 1 rings (SSSR count). The van der Waals surface area contributed by atoms with Gasteiger partial charge in [0.05, 0.1) is 27.9 Å². The molecule has 1 aliphatic heterocycles. The van der Waals surface area contributed by atoms with Gasteiger partial charge in [0.2, 0.25) is 0 Å². The van der Waals surface area contributed by atoms with Crippen molar-refractivity contribution in [1.29, 1.82) is 0 Å². The topological polar surface area (TPSA) is 74.3 Å². The third-order valence-electron chi connectivity index (χ3n) is 0.663. The van der Waals surface area contributed by atoms with Gasteiger partial charge in [-0.2, -0.15) is 0 Å². The predicted molar refractivity (Wildman–Crippen MR) is 34.4 cm³/mol. The molecule has 0 bridgehead atoms. The number of halogens is 1. The third-order valence-corrected chi connectivity index (χ3v) is 1.35. The molecule has 0 saturated carbocycles. The maximum Gasteiger partial charge on any atom is 0.192 e. The molecule has 0 amide bonds. The summed E-state index contributed by atoms with van der Waals surface area (Å²) in [5.74, 6) is 0. The normalized spacial score (nSPS) is 19.0. The lowest BCUT2D eigenvalue weighted by atomic mass is 11.2. The summed E-state index contributed by atoms with van der Waals surface area (Å²) in [7, 11) is 0. The van der Waals surface area contributed by atoms with Crippen molar-refractivity contribution in [2.75, 3.05) is 6.67 Å². The lowest BCUT2D eigenvalue weighted by Crippen LogP contribution is -2.31. The first-order chi connectivity index (χ1) is 4.22. The summed E-state index contributed by atoms with van der Waals surface area (Å²) in [6.07, 6.45) is 0. The average Bonchev–Trinajstić information content (AvgIpc) is 2.13. The van der Waals surface area contributed by atoms with Crippen molar-refractivity contribution in [3.05, 3.63) is 10.1 Å². The van der Waals surface area contributed by atoms with Gasteiger partial charge in [-0.15, -0.1) is 0 Å². The van der Waals surface area contributed by atoms with Gasteiger partial charge in [-0.25, -0.2) is 0 Å². The van der Waals surface area contributed by atoms with Crippen molar-refractivity contribution in [2.24, 2.45) is 10.3 Å². The average molecular weight is 243 g/mol. The van der Waals surface area contributed by atoms with Gasteiger partial charge in [0.25, 0.3) is 0 Å². The second-order valence-corrected chi connectivity index (χ2v) is 2.33. The molecule has 7 nitrogen and oxygen atoms in total. The Hall–Kier alpha value is -0.510. The number of rotatable bonds is 1. The molecule has 9 heavy (non-hydrogen) atoms. The van der Waals surface area contributed by atoms with Crippen LogP contribution in [0.25, 0.3) is 0 Å². The van der Waals surface area contributed by atoms with E-state index in [2.05, 4.69) is 10.3 Å². The highest BCUT2D eigenvalue weighted by Crippen LogP contribution is 2.12. The Morgan fingerprint density at radius 2 is 2.44 bits per heavy atom. The van der Waals surface area contributed by atoms with Crippen LogP contribution in [0.1, 0.15) is 0 Å². The van der Waals surface area contributed by atoms with Crippen molar-refractivity contribution in [1.82, 2.24) is 8.45 Å². The number of nitrogens with zero attached hydrogens (tertiary/aromatic N) is 5. The highest BCUT2D eigenvalue weighted by molar-refractivity contribution is 14.1. The van der Waals surface area contributed by atoms with Gasteiger partial charge in [-0.3, -0.25) is 0 Å². The fourth-order valence-electron chi connectivity index (χ4n) is 0.349. The van der Waals surface area contributed by atoms with Crippen LogP contribution in [0.5, 0.6) is 0 Å². The van der Waals surface area contributed by atoms with Gasteiger partial charge in [0, 0.05) is 0 Å². The Morgan fingerprint density at radius 1 is 1.78 bits per heavy atom. The van der Waals surface area contributed by atoms with Crippen LogP contribution in [-0.4, -0.2) is 20.2 Å². The van der Waals surface area contributed by atoms with Gasteiger partial charge < -0.3 is 10.1 Å². The Kier molecular flexibility index (Phi) is 1.75. The van der Waals surface area contributed by atoms with E-state index in [0.717, 1.165) is 0 Å². The Morgan fingerprint density at radius 3 is 2.67 bits per heavy atom. The van der Waals surface area contributed by atoms with Crippen LogP contribution in [-0.2, 0) is 0 Å². The quantitative estimate of drug-likeness (QED) is 0.289. The summed E-state index contributed by atoms with van der Waals surface area (Å²) in [6, 6.07) is 0. The Bertz CT molecular complexity index is 157. The van der Waals surface area contributed by atoms with E-state index >= 15 is 0 Å². The van der Waals surface area contributed by atoms with E-state index in [0.29, 0.717) is 5.23 Å². The van der Waals surface area contributed by atoms with E-state index in [4.69, 9.17) is 0 Å². The second kappa shape index (κ2) is 2.39. The molecule has 1 aliphatic rings. The first-order valence-corrected chi connectivity index (χ1v) is 2.93. The van der Waals surface area contributed by atoms with E-state index in [1.54, 1.807) is 22.9 Å². The highest BCUT2D eigenvalue weighted by Gasteiger charge is 2.27. The first-order valence-electron chi connectivity index (χ1n) is 1.97. The molecule has 0 radical (unpaired) electrons. The molecule has 0 spiro atoms. The summed E-state index contributed by atoms with van der Waals surface area (Å²) >= 11 is 1.74. The minimum absolute atomic E-state index is 0.238. The summed E-state index contributed by atoms with van der Waals surface area (Å²) in [5, 5.41) is 16.5. The van der Waals surface area contributed by atoms with Crippen LogP contribution in [0.3, 0.4) is 0 Å². The largest absolute Gasteiger partial charge is 0.338 e. The lowest BCUT2D eigenvalue weighted by molar-refractivity contribution is -0.684. The van der Waals surface area contributed by atoms with Gasteiger partial charge in [-0.05, 0) is 5.11 Å². The summed E-state index contributed by atoms with van der Waals surface area (Å²) in [6.45, 7) is 0.238. The van der Waals surface area contributed by atoms with Gasteiger partial charge in [0.1, 0.15) is 5.23 Å². The minimum atomic E-state index is -0.650. The van der Waals surface area contributed by atoms with Crippen LogP contribution in [0.15, 0.2) is 10.3 Å². The van der Waals surface area contributed by atoms with Crippen molar-refractivity contribution in [3.8, 4) is 0 Å². The second-order valence-electron chi connectivity index (χ2n) is 1.21. The van der Waals surface area contributed by atoms with Crippen molar-refractivity contribution < 1.29 is 5.03 Å². The highest BCUT2D eigenvalue weighted by atomic mass is 127. The van der Waals surface area contributed by atoms with E-state index in [-0.39, 0.29) is 6.67 Å². The summed E-state index contributed by atoms with van der Waals surface area (Å²) < 4.78 is 1.25. The fourth-order valence-corrected chi connectivity index (χ4v) is 0.729. The number of nitro groups is 1. The zero-order valence-corrected chi connectivity index (χ0v) is 6.30.